The standard InChI is InChI=1S/C14H17BrFNO/c1-10-3-2-6-17(9-10)14(18)8-11-7-12(16)4-5-13(11)15/h4-5,7,10H,2-3,6,8-9H2,1H3. The number of halogens is 2. The highest BCUT2D eigenvalue weighted by Gasteiger charge is 2.21. The Balaban J connectivity index is 2.04. The molecule has 0 radical (unpaired) electrons. The fourth-order valence-electron chi connectivity index (χ4n) is 2.37. The van der Waals surface area contributed by atoms with E-state index in [4.69, 9.17) is 0 Å². The maximum absolute atomic E-state index is 13.2. The first-order chi connectivity index (χ1) is 8.56. The van der Waals surface area contributed by atoms with Gasteiger partial charge in [0.1, 0.15) is 5.82 Å². The lowest BCUT2D eigenvalue weighted by atomic mass is 9.99. The van der Waals surface area contributed by atoms with Crippen molar-refractivity contribution in [2.75, 3.05) is 13.1 Å². The molecule has 4 heteroatoms. The molecule has 1 unspecified atom stereocenters. The number of carbonyl (C=O) groups is 1. The zero-order chi connectivity index (χ0) is 13.1. The smallest absolute Gasteiger partial charge is 0.227 e. The van der Waals surface area contributed by atoms with Crippen molar-refractivity contribution < 1.29 is 9.18 Å². The van der Waals surface area contributed by atoms with E-state index in [1.807, 2.05) is 4.90 Å². The van der Waals surface area contributed by atoms with Crippen molar-refractivity contribution in [1.82, 2.24) is 4.90 Å². The van der Waals surface area contributed by atoms with Crippen molar-refractivity contribution in [2.24, 2.45) is 5.92 Å². The molecule has 0 aromatic heterocycles. The van der Waals surface area contributed by atoms with Crippen LogP contribution in [0.15, 0.2) is 22.7 Å². The Morgan fingerprint density at radius 1 is 1.56 bits per heavy atom. The van der Waals surface area contributed by atoms with Crippen LogP contribution < -0.4 is 0 Å². The van der Waals surface area contributed by atoms with E-state index in [1.165, 1.54) is 18.6 Å². The molecule has 1 aliphatic rings. The largest absolute Gasteiger partial charge is 0.342 e. The average molecular weight is 314 g/mol. The number of piperidine rings is 1. The van der Waals surface area contributed by atoms with Gasteiger partial charge >= 0.3 is 0 Å². The van der Waals surface area contributed by atoms with E-state index in [2.05, 4.69) is 22.9 Å². The predicted octanol–water partition coefficient (Wildman–Crippen LogP) is 3.39. The molecule has 98 valence electrons. The van der Waals surface area contributed by atoms with Crippen LogP contribution in [-0.2, 0) is 11.2 Å². The van der Waals surface area contributed by atoms with Crippen molar-refractivity contribution in [3.8, 4) is 0 Å². The number of likely N-dealkylation sites (tertiary alicyclic amines) is 1. The highest BCUT2D eigenvalue weighted by molar-refractivity contribution is 9.10. The van der Waals surface area contributed by atoms with Gasteiger partial charge in [0.05, 0.1) is 6.42 Å². The molecule has 2 nitrogen and oxygen atoms in total. The van der Waals surface area contributed by atoms with Gasteiger partial charge in [-0.25, -0.2) is 4.39 Å². The van der Waals surface area contributed by atoms with Crippen LogP contribution in [0, 0.1) is 11.7 Å². The summed E-state index contributed by atoms with van der Waals surface area (Å²) in [7, 11) is 0. The first-order valence-electron chi connectivity index (χ1n) is 6.28. The monoisotopic (exact) mass is 313 g/mol. The second-order valence-electron chi connectivity index (χ2n) is 5.00. The van der Waals surface area contributed by atoms with Crippen LogP contribution in [0.2, 0.25) is 0 Å². The first-order valence-corrected chi connectivity index (χ1v) is 7.07. The molecule has 1 saturated heterocycles. The van der Waals surface area contributed by atoms with Crippen LogP contribution in [0.25, 0.3) is 0 Å². The van der Waals surface area contributed by atoms with Gasteiger partial charge in [0.15, 0.2) is 0 Å². The van der Waals surface area contributed by atoms with E-state index in [-0.39, 0.29) is 18.1 Å². The molecule has 1 aliphatic heterocycles. The van der Waals surface area contributed by atoms with Gasteiger partial charge < -0.3 is 4.90 Å². The van der Waals surface area contributed by atoms with Gasteiger partial charge in [0, 0.05) is 17.6 Å². The molecule has 1 fully saturated rings. The summed E-state index contributed by atoms with van der Waals surface area (Å²) < 4.78 is 13.9. The van der Waals surface area contributed by atoms with E-state index >= 15 is 0 Å². The maximum Gasteiger partial charge on any atom is 0.227 e. The number of carbonyl (C=O) groups excluding carboxylic acids is 1. The number of benzene rings is 1. The average Bonchev–Trinajstić information content (AvgIpc) is 2.34. The highest BCUT2D eigenvalue weighted by atomic mass is 79.9. The summed E-state index contributed by atoms with van der Waals surface area (Å²) in [5.41, 5.74) is 0.721. The molecular formula is C14H17BrFNO. The molecule has 1 atom stereocenters. The van der Waals surface area contributed by atoms with Crippen molar-refractivity contribution in [1.29, 1.82) is 0 Å². The van der Waals surface area contributed by atoms with E-state index in [0.717, 1.165) is 29.5 Å². The van der Waals surface area contributed by atoms with E-state index in [1.54, 1.807) is 6.07 Å². The third kappa shape index (κ3) is 3.31. The van der Waals surface area contributed by atoms with Crippen molar-refractivity contribution >= 4 is 21.8 Å². The van der Waals surface area contributed by atoms with Crippen LogP contribution in [0.3, 0.4) is 0 Å². The number of rotatable bonds is 2. The molecule has 1 aromatic rings. The molecule has 0 N–H and O–H groups in total. The minimum Gasteiger partial charge on any atom is -0.342 e. The Morgan fingerprint density at radius 3 is 3.06 bits per heavy atom. The van der Waals surface area contributed by atoms with Gasteiger partial charge in [-0.3, -0.25) is 4.79 Å². The molecule has 1 heterocycles. The Labute approximate surface area is 115 Å². The van der Waals surface area contributed by atoms with Gasteiger partial charge in [-0.05, 0) is 42.5 Å². The molecule has 18 heavy (non-hydrogen) atoms. The third-order valence-corrected chi connectivity index (χ3v) is 4.13. The molecule has 1 aromatic carbocycles. The second-order valence-corrected chi connectivity index (χ2v) is 5.85. The lowest BCUT2D eigenvalue weighted by molar-refractivity contribution is -0.132. The SMILES string of the molecule is CC1CCCN(C(=O)Cc2cc(F)ccc2Br)C1. The summed E-state index contributed by atoms with van der Waals surface area (Å²) in [5, 5.41) is 0. The van der Waals surface area contributed by atoms with Crippen LogP contribution in [-0.4, -0.2) is 23.9 Å². The van der Waals surface area contributed by atoms with Gasteiger partial charge in [-0.1, -0.05) is 22.9 Å². The van der Waals surface area contributed by atoms with Crippen LogP contribution in [0.5, 0.6) is 0 Å². The number of hydrogen-bond donors (Lipinski definition) is 0. The topological polar surface area (TPSA) is 20.3 Å². The summed E-state index contributed by atoms with van der Waals surface area (Å²) in [5.74, 6) is 0.361. The van der Waals surface area contributed by atoms with E-state index in [9.17, 15) is 9.18 Å². The Morgan fingerprint density at radius 2 is 2.33 bits per heavy atom. The molecule has 0 spiro atoms. The normalized spacial score (nSPS) is 19.9. The molecular weight excluding hydrogens is 297 g/mol. The third-order valence-electron chi connectivity index (χ3n) is 3.36. The van der Waals surface area contributed by atoms with Crippen molar-refractivity contribution in [2.45, 2.75) is 26.2 Å². The van der Waals surface area contributed by atoms with Crippen molar-refractivity contribution in [3.05, 3.63) is 34.1 Å². The Bertz CT molecular complexity index is 449. The van der Waals surface area contributed by atoms with Crippen molar-refractivity contribution in [3.63, 3.8) is 0 Å². The fraction of sp³-hybridized carbons (Fsp3) is 0.500. The number of nitrogens with zero attached hydrogens (tertiary/aromatic N) is 1. The molecule has 0 bridgehead atoms. The Hall–Kier alpha value is -0.900. The van der Waals surface area contributed by atoms with Gasteiger partial charge in [0.25, 0.3) is 0 Å². The minimum absolute atomic E-state index is 0.0906. The fourth-order valence-corrected chi connectivity index (χ4v) is 2.76. The summed E-state index contributed by atoms with van der Waals surface area (Å²) in [6.45, 7) is 3.82. The number of hydrogen-bond acceptors (Lipinski definition) is 1. The summed E-state index contributed by atoms with van der Waals surface area (Å²) in [4.78, 5) is 14.1. The summed E-state index contributed by atoms with van der Waals surface area (Å²) >= 11 is 3.36. The van der Waals surface area contributed by atoms with Crippen LogP contribution in [0.1, 0.15) is 25.3 Å². The van der Waals surface area contributed by atoms with E-state index < -0.39 is 0 Å². The quantitative estimate of drug-likeness (QED) is 0.819. The highest BCUT2D eigenvalue weighted by Crippen LogP contribution is 2.21. The van der Waals surface area contributed by atoms with Crippen LogP contribution in [0.4, 0.5) is 4.39 Å². The molecule has 0 aliphatic carbocycles. The lowest BCUT2D eigenvalue weighted by Crippen LogP contribution is -2.39. The van der Waals surface area contributed by atoms with Crippen LogP contribution >= 0.6 is 15.9 Å². The summed E-state index contributed by atoms with van der Waals surface area (Å²) in [6.07, 6.45) is 2.52. The van der Waals surface area contributed by atoms with Gasteiger partial charge in [-0.15, -0.1) is 0 Å². The zero-order valence-electron chi connectivity index (χ0n) is 10.5. The molecule has 2 rings (SSSR count). The summed E-state index contributed by atoms with van der Waals surface area (Å²) in [6, 6.07) is 4.47. The Kier molecular flexibility index (Phi) is 4.38. The molecule has 0 saturated carbocycles. The first kappa shape index (κ1) is 13.5. The van der Waals surface area contributed by atoms with Gasteiger partial charge in [0.2, 0.25) is 5.91 Å². The number of amides is 1. The van der Waals surface area contributed by atoms with Gasteiger partial charge in [-0.2, -0.15) is 0 Å². The minimum atomic E-state index is -0.298. The predicted molar refractivity (Wildman–Crippen MR) is 72.8 cm³/mol. The maximum atomic E-state index is 13.2. The lowest BCUT2D eigenvalue weighted by Gasteiger charge is -2.31. The van der Waals surface area contributed by atoms with E-state index in [0.29, 0.717) is 5.92 Å². The molecule has 1 amide bonds. The zero-order valence-corrected chi connectivity index (χ0v) is 12.0. The second kappa shape index (κ2) is 5.83.